The quantitative estimate of drug-likeness (QED) is 0.164. The lowest BCUT2D eigenvalue weighted by molar-refractivity contribution is 0.794. The summed E-state index contributed by atoms with van der Waals surface area (Å²) in [5, 5.41) is 0. The topological polar surface area (TPSA) is 12.9 Å². The first-order valence-corrected chi connectivity index (χ1v) is 21.1. The Morgan fingerprint density at radius 3 is 1.07 bits per heavy atom. The van der Waals surface area contributed by atoms with E-state index in [1.165, 1.54) is 83.5 Å². The Morgan fingerprint density at radius 1 is 0.213 bits per heavy atom. The van der Waals surface area contributed by atoms with Gasteiger partial charge in [0, 0.05) is 11.1 Å². The van der Waals surface area contributed by atoms with Crippen molar-refractivity contribution in [3.63, 3.8) is 0 Å². The van der Waals surface area contributed by atoms with Crippen molar-refractivity contribution in [1.29, 1.82) is 0 Å². The average Bonchev–Trinajstić information content (AvgIpc) is 3.81. The minimum absolute atomic E-state index is 0.431. The molecule has 1 nitrogen and oxygen atoms in total. The zero-order valence-electron chi connectivity index (χ0n) is 33.5. The summed E-state index contributed by atoms with van der Waals surface area (Å²) in [5.41, 5.74) is 23.8. The van der Waals surface area contributed by atoms with Crippen LogP contribution in [0.4, 0.5) is 0 Å². The van der Waals surface area contributed by atoms with Crippen molar-refractivity contribution in [2.75, 3.05) is 0 Å². The van der Waals surface area contributed by atoms with Crippen LogP contribution in [0.25, 0.3) is 89.3 Å². The molecule has 0 aliphatic heterocycles. The van der Waals surface area contributed by atoms with E-state index in [1.807, 2.05) is 0 Å². The SMILES string of the molecule is c1ccc(-c2ccc(-c3cc4c(cc3-c3ccc(-c5cc(-c6ccccc6)cc(-c6ccccc6)n5)cc3)C3(c5ccccc5-c5ccccc53)c3ccccc3-4)cc2)cc1. The minimum atomic E-state index is -0.431. The normalized spacial score (nSPS) is 12.7. The molecule has 1 aromatic heterocycles. The molecule has 1 spiro atoms. The van der Waals surface area contributed by atoms with Crippen molar-refractivity contribution in [1.82, 2.24) is 4.98 Å². The van der Waals surface area contributed by atoms with Gasteiger partial charge in [0.15, 0.2) is 0 Å². The second-order valence-electron chi connectivity index (χ2n) is 16.2. The molecule has 0 atom stereocenters. The molecule has 9 aromatic carbocycles. The highest BCUT2D eigenvalue weighted by atomic mass is 14.7. The van der Waals surface area contributed by atoms with Crippen LogP contribution in [0.15, 0.2) is 237 Å². The van der Waals surface area contributed by atoms with Gasteiger partial charge < -0.3 is 0 Å². The molecule has 284 valence electrons. The van der Waals surface area contributed by atoms with Crippen molar-refractivity contribution < 1.29 is 0 Å². The lowest BCUT2D eigenvalue weighted by atomic mass is 9.70. The number of rotatable bonds is 6. The Balaban J connectivity index is 1.06. The lowest BCUT2D eigenvalue weighted by Gasteiger charge is -2.31. The van der Waals surface area contributed by atoms with Crippen molar-refractivity contribution >= 4 is 0 Å². The fourth-order valence-corrected chi connectivity index (χ4v) is 10.1. The number of pyridine rings is 1. The molecule has 12 rings (SSSR count). The van der Waals surface area contributed by atoms with Crippen LogP contribution in [-0.4, -0.2) is 4.98 Å². The first-order chi connectivity index (χ1) is 30.2. The predicted octanol–water partition coefficient (Wildman–Crippen LogP) is 15.4. The molecule has 0 bridgehead atoms. The summed E-state index contributed by atoms with van der Waals surface area (Å²) in [7, 11) is 0. The zero-order valence-corrected chi connectivity index (χ0v) is 33.5. The minimum Gasteiger partial charge on any atom is -0.248 e. The van der Waals surface area contributed by atoms with Gasteiger partial charge in [-0.2, -0.15) is 0 Å². The van der Waals surface area contributed by atoms with E-state index < -0.39 is 5.41 Å². The summed E-state index contributed by atoms with van der Waals surface area (Å²) in [6.07, 6.45) is 0. The van der Waals surface area contributed by atoms with E-state index in [9.17, 15) is 0 Å². The van der Waals surface area contributed by atoms with Gasteiger partial charge >= 0.3 is 0 Å². The van der Waals surface area contributed by atoms with Crippen LogP contribution in [0.3, 0.4) is 0 Å². The molecular formula is C60H39N. The summed E-state index contributed by atoms with van der Waals surface area (Å²) in [6, 6.07) is 86.5. The standard InChI is InChI=1S/C60H39N/c1-4-16-40(17-5-1)42-28-30-43(31-29-42)51-38-53-50-24-12-15-27-56(50)60(54-25-13-10-22-48(54)49-23-11-14-26-55(49)60)57(53)39-52(51)44-32-34-46(35-33-44)59-37-47(41-18-6-2-7-19-41)36-58(61-59)45-20-8-3-9-21-45/h1-39H. The van der Waals surface area contributed by atoms with Crippen molar-refractivity contribution in [3.8, 4) is 89.3 Å². The van der Waals surface area contributed by atoms with E-state index >= 15 is 0 Å². The maximum Gasteiger partial charge on any atom is 0.0725 e. The molecule has 0 radical (unpaired) electrons. The predicted molar refractivity (Wildman–Crippen MR) is 253 cm³/mol. The molecule has 10 aromatic rings. The third-order valence-electron chi connectivity index (χ3n) is 12.9. The molecule has 1 heterocycles. The van der Waals surface area contributed by atoms with E-state index in [1.54, 1.807) is 0 Å². The number of hydrogen-bond acceptors (Lipinski definition) is 1. The maximum absolute atomic E-state index is 5.26. The Hall–Kier alpha value is -7.87. The van der Waals surface area contributed by atoms with Gasteiger partial charge in [-0.15, -0.1) is 0 Å². The Morgan fingerprint density at radius 2 is 0.557 bits per heavy atom. The summed E-state index contributed by atoms with van der Waals surface area (Å²) < 4.78 is 0. The zero-order chi connectivity index (χ0) is 40.3. The van der Waals surface area contributed by atoms with Gasteiger partial charge in [0.05, 0.1) is 16.8 Å². The van der Waals surface area contributed by atoms with E-state index in [0.717, 1.165) is 28.1 Å². The van der Waals surface area contributed by atoms with Crippen LogP contribution in [0.2, 0.25) is 0 Å². The van der Waals surface area contributed by atoms with E-state index in [2.05, 4.69) is 237 Å². The highest BCUT2D eigenvalue weighted by Gasteiger charge is 2.51. The summed E-state index contributed by atoms with van der Waals surface area (Å²) in [4.78, 5) is 5.26. The summed E-state index contributed by atoms with van der Waals surface area (Å²) in [5.74, 6) is 0. The van der Waals surface area contributed by atoms with Gasteiger partial charge in [0.1, 0.15) is 0 Å². The van der Waals surface area contributed by atoms with Gasteiger partial charge in [-0.1, -0.05) is 212 Å². The summed E-state index contributed by atoms with van der Waals surface area (Å²) in [6.45, 7) is 0. The molecule has 0 saturated heterocycles. The van der Waals surface area contributed by atoms with Gasteiger partial charge in [-0.05, 0) is 113 Å². The maximum atomic E-state index is 5.26. The van der Waals surface area contributed by atoms with Crippen LogP contribution in [0.1, 0.15) is 22.3 Å². The van der Waals surface area contributed by atoms with Crippen LogP contribution in [0, 0.1) is 0 Å². The molecule has 2 aliphatic rings. The first kappa shape index (κ1) is 35.1. The van der Waals surface area contributed by atoms with Crippen molar-refractivity contribution in [3.05, 3.63) is 259 Å². The van der Waals surface area contributed by atoms with Crippen LogP contribution < -0.4 is 0 Å². The molecule has 2 aliphatic carbocycles. The number of nitrogens with zero attached hydrogens (tertiary/aromatic N) is 1. The Bertz CT molecular complexity index is 3150. The molecule has 1 heteroatoms. The second-order valence-corrected chi connectivity index (χ2v) is 16.2. The fourth-order valence-electron chi connectivity index (χ4n) is 10.1. The third-order valence-corrected chi connectivity index (χ3v) is 12.9. The summed E-state index contributed by atoms with van der Waals surface area (Å²) >= 11 is 0. The first-order valence-electron chi connectivity index (χ1n) is 21.1. The number of aromatic nitrogens is 1. The van der Waals surface area contributed by atoms with Gasteiger partial charge in [0.2, 0.25) is 0 Å². The molecule has 0 amide bonds. The Kier molecular flexibility index (Phi) is 8.15. The number of benzene rings is 9. The average molecular weight is 774 g/mol. The van der Waals surface area contributed by atoms with Crippen LogP contribution in [0.5, 0.6) is 0 Å². The van der Waals surface area contributed by atoms with Crippen LogP contribution >= 0.6 is 0 Å². The van der Waals surface area contributed by atoms with Crippen molar-refractivity contribution in [2.24, 2.45) is 0 Å². The second kappa shape index (κ2) is 14.2. The van der Waals surface area contributed by atoms with E-state index in [4.69, 9.17) is 4.98 Å². The fraction of sp³-hybridized carbons (Fsp3) is 0.0167. The Labute approximate surface area is 357 Å². The number of fused-ring (bicyclic) bond motifs is 10. The van der Waals surface area contributed by atoms with E-state index in [-0.39, 0.29) is 0 Å². The number of hydrogen-bond donors (Lipinski definition) is 0. The molecule has 61 heavy (non-hydrogen) atoms. The molecule has 0 saturated carbocycles. The monoisotopic (exact) mass is 773 g/mol. The van der Waals surface area contributed by atoms with Gasteiger partial charge in [-0.3, -0.25) is 0 Å². The van der Waals surface area contributed by atoms with Crippen molar-refractivity contribution in [2.45, 2.75) is 5.41 Å². The largest absolute Gasteiger partial charge is 0.248 e. The third kappa shape index (κ3) is 5.59. The van der Waals surface area contributed by atoms with Gasteiger partial charge in [-0.25, -0.2) is 4.98 Å². The lowest BCUT2D eigenvalue weighted by Crippen LogP contribution is -2.25. The molecule has 0 unspecified atom stereocenters. The molecule has 0 fully saturated rings. The van der Waals surface area contributed by atoms with E-state index in [0.29, 0.717) is 0 Å². The van der Waals surface area contributed by atoms with Crippen LogP contribution in [-0.2, 0) is 5.41 Å². The van der Waals surface area contributed by atoms with Gasteiger partial charge in [0.25, 0.3) is 0 Å². The highest BCUT2D eigenvalue weighted by Crippen LogP contribution is 2.63. The smallest absolute Gasteiger partial charge is 0.0725 e. The highest BCUT2D eigenvalue weighted by molar-refractivity contribution is 5.99. The molecule has 0 N–H and O–H groups in total. The molecular weight excluding hydrogens is 735 g/mol.